The van der Waals surface area contributed by atoms with Crippen molar-refractivity contribution in [3.05, 3.63) is 35.4 Å². The van der Waals surface area contributed by atoms with Gasteiger partial charge in [0, 0.05) is 13.1 Å². The molecule has 1 heterocycles. The maximum Gasteiger partial charge on any atom is 0.237 e. The summed E-state index contributed by atoms with van der Waals surface area (Å²) in [6.45, 7) is 2.46. The molecular weight excluding hydrogens is 262 g/mol. The lowest BCUT2D eigenvalue weighted by Crippen LogP contribution is -2.43. The molecule has 1 atom stereocenters. The first-order valence-corrected chi connectivity index (χ1v) is 7.89. The molecule has 0 aromatic heterocycles. The molecule has 21 heavy (non-hydrogen) atoms. The molecule has 1 amide bonds. The number of hydrogen-bond acceptors (Lipinski definition) is 3. The van der Waals surface area contributed by atoms with Gasteiger partial charge in [-0.25, -0.2) is 0 Å². The Hall–Kier alpha value is -1.39. The molecule has 0 radical (unpaired) electrons. The lowest BCUT2D eigenvalue weighted by molar-refractivity contribution is -0.123. The van der Waals surface area contributed by atoms with E-state index >= 15 is 0 Å². The molecule has 0 spiro atoms. The van der Waals surface area contributed by atoms with E-state index in [9.17, 15) is 4.79 Å². The number of carbonyl (C=O) groups excluding carboxylic acids is 1. The van der Waals surface area contributed by atoms with Gasteiger partial charge in [0.25, 0.3) is 0 Å². The average Bonchev–Trinajstić information content (AvgIpc) is 2.74. The zero-order valence-electron chi connectivity index (χ0n) is 13.2. The predicted octanol–water partition coefficient (Wildman–Crippen LogP) is 1.90. The molecule has 116 valence electrons. The fourth-order valence-corrected chi connectivity index (χ4v) is 2.78. The minimum atomic E-state index is -0.0199. The lowest BCUT2D eigenvalue weighted by atomic mass is 10.1. The highest BCUT2D eigenvalue weighted by Crippen LogP contribution is 2.12. The maximum absolute atomic E-state index is 12.3. The van der Waals surface area contributed by atoms with Crippen LogP contribution in [0.4, 0.5) is 0 Å². The van der Waals surface area contributed by atoms with Gasteiger partial charge >= 0.3 is 0 Å². The van der Waals surface area contributed by atoms with Crippen molar-refractivity contribution in [3.63, 3.8) is 0 Å². The second-order valence-electron chi connectivity index (χ2n) is 6.08. The highest BCUT2D eigenvalue weighted by molar-refractivity contribution is 5.81. The van der Waals surface area contributed by atoms with Gasteiger partial charge in [-0.2, -0.15) is 0 Å². The van der Waals surface area contributed by atoms with Crippen molar-refractivity contribution in [2.75, 3.05) is 20.6 Å². The topological polar surface area (TPSA) is 44.4 Å². The summed E-state index contributed by atoms with van der Waals surface area (Å²) in [6, 6.07) is 8.29. The van der Waals surface area contributed by atoms with Gasteiger partial charge in [0.15, 0.2) is 0 Å². The summed E-state index contributed by atoms with van der Waals surface area (Å²) >= 11 is 0. The third kappa shape index (κ3) is 5.14. The van der Waals surface area contributed by atoms with Crippen molar-refractivity contribution in [1.82, 2.24) is 15.5 Å². The summed E-state index contributed by atoms with van der Waals surface area (Å²) in [5, 5.41) is 6.43. The van der Waals surface area contributed by atoms with Crippen LogP contribution in [-0.4, -0.2) is 37.5 Å². The molecular formula is C17H27N3O. The Labute approximate surface area is 127 Å². The van der Waals surface area contributed by atoms with Crippen LogP contribution in [0.15, 0.2) is 24.3 Å². The van der Waals surface area contributed by atoms with Gasteiger partial charge in [0.05, 0.1) is 6.04 Å². The van der Waals surface area contributed by atoms with Crippen molar-refractivity contribution in [3.8, 4) is 0 Å². The molecule has 4 nitrogen and oxygen atoms in total. The number of hydrogen-bond donors (Lipinski definition) is 2. The van der Waals surface area contributed by atoms with Crippen LogP contribution in [0, 0.1) is 0 Å². The molecule has 1 aromatic carbocycles. The molecule has 0 aliphatic carbocycles. The normalized spacial score (nSPS) is 19.3. The van der Waals surface area contributed by atoms with Crippen LogP contribution in [0.25, 0.3) is 0 Å². The van der Waals surface area contributed by atoms with Gasteiger partial charge < -0.3 is 15.5 Å². The average molecular weight is 289 g/mol. The van der Waals surface area contributed by atoms with Crippen LogP contribution < -0.4 is 10.6 Å². The Morgan fingerprint density at radius 2 is 2.00 bits per heavy atom. The molecule has 0 saturated carbocycles. The SMILES string of the molecule is CN(C)Cc1ccccc1CNC(=O)C1CCCCCN1. The van der Waals surface area contributed by atoms with Crippen molar-refractivity contribution >= 4 is 5.91 Å². The minimum absolute atomic E-state index is 0.0199. The standard InChI is InChI=1S/C17H27N3O/c1-20(2)13-15-9-6-5-8-14(15)12-19-17(21)16-10-4-3-7-11-18-16/h5-6,8-9,16,18H,3-4,7,10-13H2,1-2H3,(H,19,21). The van der Waals surface area contributed by atoms with Crippen LogP contribution in [0.3, 0.4) is 0 Å². The van der Waals surface area contributed by atoms with E-state index < -0.39 is 0 Å². The quantitative estimate of drug-likeness (QED) is 0.870. The first-order valence-electron chi connectivity index (χ1n) is 7.89. The summed E-state index contributed by atoms with van der Waals surface area (Å²) in [7, 11) is 4.12. The number of carbonyl (C=O) groups is 1. The third-order valence-corrected chi connectivity index (χ3v) is 3.93. The molecule has 1 unspecified atom stereocenters. The predicted molar refractivity (Wildman–Crippen MR) is 85.9 cm³/mol. The smallest absolute Gasteiger partial charge is 0.237 e. The van der Waals surface area contributed by atoms with E-state index in [0.717, 1.165) is 25.9 Å². The molecule has 2 rings (SSSR count). The Morgan fingerprint density at radius 1 is 1.24 bits per heavy atom. The number of nitrogens with one attached hydrogen (secondary N) is 2. The van der Waals surface area contributed by atoms with Gasteiger partial charge in [-0.05, 0) is 44.6 Å². The summed E-state index contributed by atoms with van der Waals surface area (Å²) < 4.78 is 0. The summed E-state index contributed by atoms with van der Waals surface area (Å²) in [5.41, 5.74) is 2.48. The van der Waals surface area contributed by atoms with Crippen molar-refractivity contribution in [2.45, 2.75) is 44.8 Å². The van der Waals surface area contributed by atoms with Gasteiger partial charge in [0.1, 0.15) is 0 Å². The largest absolute Gasteiger partial charge is 0.351 e. The summed E-state index contributed by atoms with van der Waals surface area (Å²) in [5.74, 6) is 0.136. The first-order chi connectivity index (χ1) is 10.2. The van der Waals surface area contributed by atoms with Crippen LogP contribution in [0.2, 0.25) is 0 Å². The van der Waals surface area contributed by atoms with Gasteiger partial charge in [0.2, 0.25) is 5.91 Å². The second-order valence-corrected chi connectivity index (χ2v) is 6.08. The number of rotatable bonds is 5. The number of nitrogens with zero attached hydrogens (tertiary/aromatic N) is 1. The second kappa shape index (κ2) is 8.15. The van der Waals surface area contributed by atoms with E-state index in [1.807, 2.05) is 6.07 Å². The van der Waals surface area contributed by atoms with Gasteiger partial charge in [-0.3, -0.25) is 4.79 Å². The number of amides is 1. The van der Waals surface area contributed by atoms with Gasteiger partial charge in [-0.15, -0.1) is 0 Å². The molecule has 1 aliphatic rings. The molecule has 2 N–H and O–H groups in total. The van der Waals surface area contributed by atoms with E-state index in [2.05, 4.69) is 47.8 Å². The van der Waals surface area contributed by atoms with E-state index in [1.165, 1.54) is 24.0 Å². The molecule has 0 bridgehead atoms. The summed E-state index contributed by atoms with van der Waals surface area (Å²) in [4.78, 5) is 14.4. The Balaban J connectivity index is 1.91. The zero-order valence-corrected chi connectivity index (χ0v) is 13.2. The fraction of sp³-hybridized carbons (Fsp3) is 0.588. The Kier molecular flexibility index (Phi) is 6.21. The Bertz CT molecular complexity index is 451. The van der Waals surface area contributed by atoms with E-state index in [4.69, 9.17) is 0 Å². The van der Waals surface area contributed by atoms with E-state index in [0.29, 0.717) is 6.54 Å². The molecule has 4 heteroatoms. The Morgan fingerprint density at radius 3 is 2.76 bits per heavy atom. The van der Waals surface area contributed by atoms with Crippen LogP contribution in [-0.2, 0) is 17.9 Å². The highest BCUT2D eigenvalue weighted by atomic mass is 16.2. The molecule has 1 fully saturated rings. The molecule has 1 saturated heterocycles. The van der Waals surface area contributed by atoms with Gasteiger partial charge in [-0.1, -0.05) is 37.1 Å². The monoisotopic (exact) mass is 289 g/mol. The van der Waals surface area contributed by atoms with Crippen molar-refractivity contribution < 1.29 is 4.79 Å². The third-order valence-electron chi connectivity index (χ3n) is 3.93. The maximum atomic E-state index is 12.3. The van der Waals surface area contributed by atoms with Crippen LogP contribution >= 0.6 is 0 Å². The van der Waals surface area contributed by atoms with Crippen molar-refractivity contribution in [2.24, 2.45) is 0 Å². The first kappa shape index (κ1) is 16.0. The van der Waals surface area contributed by atoms with Crippen LogP contribution in [0.5, 0.6) is 0 Å². The fourth-order valence-electron chi connectivity index (χ4n) is 2.78. The molecule has 1 aliphatic heterocycles. The molecule has 1 aromatic rings. The van der Waals surface area contributed by atoms with E-state index in [1.54, 1.807) is 0 Å². The zero-order chi connectivity index (χ0) is 15.1. The van der Waals surface area contributed by atoms with Crippen molar-refractivity contribution in [1.29, 1.82) is 0 Å². The summed E-state index contributed by atoms with van der Waals surface area (Å²) in [6.07, 6.45) is 4.49. The van der Waals surface area contributed by atoms with E-state index in [-0.39, 0.29) is 11.9 Å². The minimum Gasteiger partial charge on any atom is -0.351 e. The number of benzene rings is 1. The highest BCUT2D eigenvalue weighted by Gasteiger charge is 2.19. The van der Waals surface area contributed by atoms with Crippen LogP contribution in [0.1, 0.15) is 36.8 Å². The lowest BCUT2D eigenvalue weighted by Gasteiger charge is -2.18.